The van der Waals surface area contributed by atoms with Crippen molar-refractivity contribution < 1.29 is 13.2 Å². The minimum absolute atomic E-state index is 0.00982. The molecule has 16 heavy (non-hydrogen) atoms. The summed E-state index contributed by atoms with van der Waals surface area (Å²) in [4.78, 5) is 3.89. The van der Waals surface area contributed by atoms with Crippen LogP contribution >= 0.6 is 0 Å². The Morgan fingerprint density at radius 3 is 2.81 bits per heavy atom. The Balaban J connectivity index is 2.07. The molecule has 0 radical (unpaired) electrons. The van der Waals surface area contributed by atoms with Gasteiger partial charge in [-0.3, -0.25) is 0 Å². The first-order chi connectivity index (χ1) is 7.55. The molecule has 2 rings (SSSR count). The first kappa shape index (κ1) is 11.3. The van der Waals surface area contributed by atoms with Gasteiger partial charge in [0.1, 0.15) is 11.0 Å². The van der Waals surface area contributed by atoms with Crippen LogP contribution in [0.4, 0.5) is 0 Å². The molecule has 1 aliphatic rings. The van der Waals surface area contributed by atoms with Crippen molar-refractivity contribution in [1.29, 1.82) is 0 Å². The van der Waals surface area contributed by atoms with Crippen molar-refractivity contribution in [2.75, 3.05) is 13.1 Å². The predicted octanol–water partition coefficient (Wildman–Crippen LogP) is -0.530. The zero-order valence-electron chi connectivity index (χ0n) is 8.59. The lowest BCUT2D eigenvalue weighted by atomic mass is 10.3. The number of primary sulfonamides is 1. The van der Waals surface area contributed by atoms with E-state index >= 15 is 0 Å². The van der Waals surface area contributed by atoms with Gasteiger partial charge in [-0.15, -0.1) is 0 Å². The Morgan fingerprint density at radius 1 is 1.50 bits per heavy atom. The summed E-state index contributed by atoms with van der Waals surface area (Å²) >= 11 is 0. The average Bonchev–Trinajstić information content (AvgIpc) is 2.70. The summed E-state index contributed by atoms with van der Waals surface area (Å²) in [6.07, 6.45) is 2.24. The van der Waals surface area contributed by atoms with Crippen LogP contribution in [0.1, 0.15) is 6.42 Å². The highest BCUT2D eigenvalue weighted by Gasteiger charge is 2.16. The molecular weight excluding hydrogens is 230 g/mol. The van der Waals surface area contributed by atoms with Gasteiger partial charge in [0.2, 0.25) is 15.9 Å². The van der Waals surface area contributed by atoms with E-state index in [1.807, 2.05) is 0 Å². The van der Waals surface area contributed by atoms with Crippen molar-refractivity contribution in [2.24, 2.45) is 5.14 Å². The molecule has 3 N–H and O–H groups in total. The second kappa shape index (κ2) is 4.36. The summed E-state index contributed by atoms with van der Waals surface area (Å²) in [6, 6.07) is 2.90. The lowest BCUT2D eigenvalue weighted by Crippen LogP contribution is -2.20. The number of nitrogens with one attached hydrogen (secondary N) is 1. The Bertz CT molecular complexity index is 451. The van der Waals surface area contributed by atoms with Crippen LogP contribution in [0, 0.1) is 0 Å². The highest BCUT2D eigenvalue weighted by atomic mass is 32.2. The molecule has 1 unspecified atom stereocenters. The Kier molecular flexibility index (Phi) is 3.08. The van der Waals surface area contributed by atoms with Gasteiger partial charge in [-0.1, -0.05) is 0 Å². The van der Waals surface area contributed by atoms with Crippen molar-refractivity contribution >= 4 is 10.0 Å². The maximum atomic E-state index is 11.0. The minimum atomic E-state index is -3.68. The van der Waals surface area contributed by atoms with Gasteiger partial charge >= 0.3 is 0 Å². The number of nitrogens with zero attached hydrogens (tertiary/aromatic N) is 1. The molecule has 88 valence electrons. The third-order valence-corrected chi connectivity index (χ3v) is 3.24. The van der Waals surface area contributed by atoms with Gasteiger partial charge in [-0.05, 0) is 19.0 Å². The van der Waals surface area contributed by atoms with Gasteiger partial charge in [0, 0.05) is 12.6 Å². The van der Waals surface area contributed by atoms with Gasteiger partial charge in [0.15, 0.2) is 0 Å². The van der Waals surface area contributed by atoms with Gasteiger partial charge in [0.05, 0.1) is 6.20 Å². The standard InChI is InChI=1S/C9H13N3O3S/c10-16(13,14)8-1-2-9(12-6-8)15-7-3-4-11-5-7/h1-2,6-7,11H,3-5H2,(H2,10,13,14). The number of hydrogen-bond donors (Lipinski definition) is 2. The SMILES string of the molecule is NS(=O)(=O)c1ccc(OC2CCNC2)nc1. The lowest BCUT2D eigenvalue weighted by molar-refractivity contribution is 0.214. The fourth-order valence-corrected chi connectivity index (χ4v) is 1.96. The van der Waals surface area contributed by atoms with E-state index < -0.39 is 10.0 Å². The monoisotopic (exact) mass is 243 g/mol. The van der Waals surface area contributed by atoms with Crippen molar-refractivity contribution in [3.05, 3.63) is 18.3 Å². The largest absolute Gasteiger partial charge is 0.473 e. The van der Waals surface area contributed by atoms with Crippen LogP contribution in [-0.4, -0.2) is 32.6 Å². The first-order valence-electron chi connectivity index (χ1n) is 4.92. The number of aromatic nitrogens is 1. The van der Waals surface area contributed by atoms with Crippen LogP contribution in [0.3, 0.4) is 0 Å². The van der Waals surface area contributed by atoms with E-state index in [0.29, 0.717) is 5.88 Å². The number of sulfonamides is 1. The molecule has 1 saturated heterocycles. The normalized spacial score (nSPS) is 20.9. The van der Waals surface area contributed by atoms with Crippen molar-refractivity contribution in [1.82, 2.24) is 10.3 Å². The molecule has 6 nitrogen and oxygen atoms in total. The fraction of sp³-hybridized carbons (Fsp3) is 0.444. The molecule has 0 aliphatic carbocycles. The molecule has 1 atom stereocenters. The van der Waals surface area contributed by atoms with Crippen molar-refractivity contribution in [3.63, 3.8) is 0 Å². The molecule has 0 saturated carbocycles. The third kappa shape index (κ3) is 2.69. The zero-order valence-corrected chi connectivity index (χ0v) is 9.40. The number of nitrogens with two attached hydrogens (primary N) is 1. The highest BCUT2D eigenvalue weighted by molar-refractivity contribution is 7.89. The topological polar surface area (TPSA) is 94.3 Å². The molecular formula is C9H13N3O3S. The van der Waals surface area contributed by atoms with E-state index in [1.54, 1.807) is 0 Å². The van der Waals surface area contributed by atoms with Crippen LogP contribution in [0.5, 0.6) is 5.88 Å². The summed E-state index contributed by atoms with van der Waals surface area (Å²) in [7, 11) is -3.68. The van der Waals surface area contributed by atoms with E-state index in [2.05, 4.69) is 10.3 Å². The molecule has 1 aromatic rings. The van der Waals surface area contributed by atoms with E-state index in [-0.39, 0.29) is 11.0 Å². The van der Waals surface area contributed by atoms with E-state index in [4.69, 9.17) is 9.88 Å². The smallest absolute Gasteiger partial charge is 0.239 e. The quantitative estimate of drug-likeness (QED) is 0.744. The number of hydrogen-bond acceptors (Lipinski definition) is 5. The minimum Gasteiger partial charge on any atom is -0.473 e. The molecule has 0 aromatic carbocycles. The maximum absolute atomic E-state index is 11.0. The molecule has 0 amide bonds. The summed E-state index contributed by atoms with van der Waals surface area (Å²) in [6.45, 7) is 1.72. The summed E-state index contributed by atoms with van der Waals surface area (Å²) in [5.74, 6) is 0.418. The van der Waals surface area contributed by atoms with E-state index in [0.717, 1.165) is 19.5 Å². The van der Waals surface area contributed by atoms with Gasteiger partial charge in [0.25, 0.3) is 0 Å². The van der Waals surface area contributed by atoms with E-state index in [1.165, 1.54) is 18.3 Å². The van der Waals surface area contributed by atoms with Gasteiger partial charge in [-0.25, -0.2) is 18.5 Å². The van der Waals surface area contributed by atoms with Crippen molar-refractivity contribution in [2.45, 2.75) is 17.4 Å². The third-order valence-electron chi connectivity index (χ3n) is 2.34. The maximum Gasteiger partial charge on any atom is 0.239 e. The number of pyridine rings is 1. The molecule has 1 fully saturated rings. The summed E-state index contributed by atoms with van der Waals surface area (Å²) in [5, 5.41) is 8.11. The van der Waals surface area contributed by atoms with Gasteiger partial charge in [-0.2, -0.15) is 0 Å². The fourth-order valence-electron chi connectivity index (χ4n) is 1.50. The lowest BCUT2D eigenvalue weighted by Gasteiger charge is -2.11. The Labute approximate surface area is 93.9 Å². The van der Waals surface area contributed by atoms with Crippen LogP contribution < -0.4 is 15.2 Å². The second-order valence-corrected chi connectivity index (χ2v) is 5.17. The Hall–Kier alpha value is -1.18. The number of ether oxygens (including phenoxy) is 1. The second-order valence-electron chi connectivity index (χ2n) is 3.61. The molecule has 1 aliphatic heterocycles. The molecule has 0 bridgehead atoms. The van der Waals surface area contributed by atoms with Crippen molar-refractivity contribution in [3.8, 4) is 5.88 Å². The average molecular weight is 243 g/mol. The molecule has 2 heterocycles. The first-order valence-corrected chi connectivity index (χ1v) is 6.46. The van der Waals surface area contributed by atoms with E-state index in [9.17, 15) is 8.42 Å². The molecule has 0 spiro atoms. The van der Waals surface area contributed by atoms with Crippen LogP contribution in [0.25, 0.3) is 0 Å². The zero-order chi connectivity index (χ0) is 11.6. The number of rotatable bonds is 3. The predicted molar refractivity (Wildman–Crippen MR) is 57.5 cm³/mol. The van der Waals surface area contributed by atoms with Gasteiger partial charge < -0.3 is 10.1 Å². The Morgan fingerprint density at radius 2 is 2.31 bits per heavy atom. The highest BCUT2D eigenvalue weighted by Crippen LogP contribution is 2.14. The van der Waals surface area contributed by atoms with Crippen LogP contribution in [0.2, 0.25) is 0 Å². The summed E-state index contributed by atoms with van der Waals surface area (Å²) in [5.41, 5.74) is 0. The molecule has 7 heteroatoms. The van der Waals surface area contributed by atoms with Crippen LogP contribution in [0.15, 0.2) is 23.2 Å². The summed E-state index contributed by atoms with van der Waals surface area (Å²) < 4.78 is 27.5. The molecule has 1 aromatic heterocycles. The van der Waals surface area contributed by atoms with Crippen LogP contribution in [-0.2, 0) is 10.0 Å².